The van der Waals surface area contributed by atoms with Crippen LogP contribution in [0, 0.1) is 22.7 Å². The van der Waals surface area contributed by atoms with Crippen molar-refractivity contribution in [2.75, 3.05) is 6.61 Å². The van der Waals surface area contributed by atoms with Gasteiger partial charge < -0.3 is 20.4 Å². The Morgan fingerprint density at radius 2 is 1.94 bits per heavy atom. The van der Waals surface area contributed by atoms with Gasteiger partial charge in [0, 0.05) is 6.42 Å². The van der Waals surface area contributed by atoms with Crippen molar-refractivity contribution in [3.05, 3.63) is 35.5 Å². The summed E-state index contributed by atoms with van der Waals surface area (Å²) in [6, 6.07) is 0. The fraction of sp³-hybridized carbons (Fsp3) is 0.786. The van der Waals surface area contributed by atoms with Crippen molar-refractivity contribution in [1.29, 1.82) is 0 Å². The molecule has 0 radical (unpaired) electrons. The lowest BCUT2D eigenvalue weighted by Gasteiger charge is -2.51. The number of aliphatic hydroxyl groups is 4. The third-order valence-corrected chi connectivity index (χ3v) is 9.54. The third-order valence-electron chi connectivity index (χ3n) is 9.54. The number of aliphatic hydroxyl groups excluding tert-OH is 3. The van der Waals surface area contributed by atoms with Gasteiger partial charge in [-0.2, -0.15) is 0 Å². The van der Waals surface area contributed by atoms with Gasteiger partial charge in [-0.3, -0.25) is 0 Å². The number of hydrogen-bond acceptors (Lipinski definition) is 4. The summed E-state index contributed by atoms with van der Waals surface area (Å²) < 4.78 is 0. The highest BCUT2D eigenvalue weighted by atomic mass is 16.3. The van der Waals surface area contributed by atoms with E-state index in [0.29, 0.717) is 31.1 Å². The van der Waals surface area contributed by atoms with E-state index >= 15 is 0 Å². The lowest BCUT2D eigenvalue weighted by Crippen LogP contribution is -2.43. The zero-order chi connectivity index (χ0) is 23.7. The molecule has 0 heterocycles. The second-order valence-electron chi connectivity index (χ2n) is 11.8. The van der Waals surface area contributed by atoms with Gasteiger partial charge in [0.15, 0.2) is 0 Å². The monoisotopic (exact) mass is 446 g/mol. The summed E-state index contributed by atoms with van der Waals surface area (Å²) in [5.74, 6) is 1.26. The number of fused-ring (bicyclic) bond motifs is 1. The van der Waals surface area contributed by atoms with Crippen molar-refractivity contribution >= 4 is 0 Å². The molecule has 0 spiro atoms. The highest BCUT2D eigenvalue weighted by Gasteiger charge is 2.57. The molecule has 182 valence electrons. The van der Waals surface area contributed by atoms with Crippen molar-refractivity contribution in [3.63, 3.8) is 0 Å². The maximum atomic E-state index is 10.2. The largest absolute Gasteiger partial charge is 0.393 e. The Balaban J connectivity index is 1.75. The van der Waals surface area contributed by atoms with Gasteiger partial charge >= 0.3 is 0 Å². The van der Waals surface area contributed by atoms with Crippen molar-refractivity contribution in [1.82, 2.24) is 0 Å². The second-order valence-corrected chi connectivity index (χ2v) is 11.8. The van der Waals surface area contributed by atoms with Gasteiger partial charge in [0.05, 0.1) is 24.4 Å². The molecule has 0 bridgehead atoms. The Hall–Kier alpha value is -0.940. The molecular formula is C28H46O4. The first-order valence-corrected chi connectivity index (χ1v) is 12.7. The fourth-order valence-electron chi connectivity index (χ4n) is 7.09. The van der Waals surface area contributed by atoms with Crippen LogP contribution >= 0.6 is 0 Å². The first kappa shape index (κ1) is 25.7. The summed E-state index contributed by atoms with van der Waals surface area (Å²) in [6.45, 7) is 12.9. The van der Waals surface area contributed by atoms with Gasteiger partial charge in [-0.25, -0.2) is 0 Å². The van der Waals surface area contributed by atoms with Crippen LogP contribution < -0.4 is 0 Å². The Labute approximate surface area is 195 Å². The standard InChI is InChI=1S/C28H46O4/c1-19(8-6-13-26(3,32)18-29)24-12-15-27(4)22(9-7-14-28(24,27)5)11-10-21-16-23(30)17-25(31)20(21)2/h10-11,19,23-25,29-32H,2,6-9,12-18H2,1,3-5H3/b21-10+,22-11-/t19-,23-,24-,25+,26?,27+,28-/m1/s1. The number of hydrogen-bond donors (Lipinski definition) is 4. The van der Waals surface area contributed by atoms with Crippen molar-refractivity contribution < 1.29 is 20.4 Å². The van der Waals surface area contributed by atoms with Crippen molar-refractivity contribution in [2.24, 2.45) is 22.7 Å². The quantitative estimate of drug-likeness (QED) is 0.440. The van der Waals surface area contributed by atoms with Crippen LogP contribution in [0.15, 0.2) is 35.5 Å². The van der Waals surface area contributed by atoms with E-state index in [-0.39, 0.29) is 17.4 Å². The molecule has 3 aliphatic carbocycles. The summed E-state index contributed by atoms with van der Waals surface area (Å²) in [5, 5.41) is 39.7. The van der Waals surface area contributed by atoms with Crippen molar-refractivity contribution in [3.8, 4) is 0 Å². The van der Waals surface area contributed by atoms with E-state index < -0.39 is 17.8 Å². The predicted octanol–water partition coefficient (Wildman–Crippen LogP) is 5.07. The maximum absolute atomic E-state index is 10.2. The highest BCUT2D eigenvalue weighted by molar-refractivity contribution is 5.39. The summed E-state index contributed by atoms with van der Waals surface area (Å²) in [6.07, 6.45) is 12.9. The minimum Gasteiger partial charge on any atom is -0.393 e. The Bertz CT molecular complexity index is 751. The molecular weight excluding hydrogens is 400 g/mol. The van der Waals surface area contributed by atoms with Crippen LogP contribution in [0.2, 0.25) is 0 Å². The lowest BCUT2D eigenvalue weighted by molar-refractivity contribution is -0.0102. The summed E-state index contributed by atoms with van der Waals surface area (Å²) >= 11 is 0. The average molecular weight is 447 g/mol. The molecule has 7 atom stereocenters. The predicted molar refractivity (Wildman–Crippen MR) is 130 cm³/mol. The van der Waals surface area contributed by atoms with Crippen LogP contribution in [0.3, 0.4) is 0 Å². The first-order chi connectivity index (χ1) is 14.9. The molecule has 0 aromatic rings. The molecule has 0 aromatic heterocycles. The van der Waals surface area contributed by atoms with Crippen LogP contribution in [0.1, 0.15) is 91.9 Å². The van der Waals surface area contributed by atoms with Gasteiger partial charge in [0.1, 0.15) is 0 Å². The topological polar surface area (TPSA) is 80.9 Å². The first-order valence-electron chi connectivity index (χ1n) is 12.7. The van der Waals surface area contributed by atoms with E-state index in [4.69, 9.17) is 0 Å². The van der Waals surface area contributed by atoms with Gasteiger partial charge in [0.2, 0.25) is 0 Å². The summed E-state index contributed by atoms with van der Waals surface area (Å²) in [4.78, 5) is 0. The molecule has 4 N–H and O–H groups in total. The van der Waals surface area contributed by atoms with E-state index in [9.17, 15) is 20.4 Å². The minimum atomic E-state index is -0.966. The number of rotatable bonds is 7. The maximum Gasteiger partial charge on any atom is 0.0849 e. The molecule has 3 rings (SSSR count). The molecule has 32 heavy (non-hydrogen) atoms. The normalized spacial score (nSPS) is 41.0. The summed E-state index contributed by atoms with van der Waals surface area (Å²) in [5.41, 5.74) is 2.72. The third kappa shape index (κ3) is 4.94. The number of allylic oxidation sites excluding steroid dienone is 3. The molecule has 3 saturated carbocycles. The van der Waals surface area contributed by atoms with Crippen LogP contribution in [0.4, 0.5) is 0 Å². The summed E-state index contributed by atoms with van der Waals surface area (Å²) in [7, 11) is 0. The Kier molecular flexibility index (Phi) is 7.81. The van der Waals surface area contributed by atoms with Crippen LogP contribution in [-0.2, 0) is 0 Å². The second kappa shape index (κ2) is 9.74. The average Bonchev–Trinajstić information content (AvgIpc) is 3.01. The lowest BCUT2D eigenvalue weighted by atomic mass is 9.53. The Morgan fingerprint density at radius 1 is 1.22 bits per heavy atom. The van der Waals surface area contributed by atoms with E-state index in [2.05, 4.69) is 39.5 Å². The molecule has 4 nitrogen and oxygen atoms in total. The van der Waals surface area contributed by atoms with E-state index in [1.807, 2.05) is 0 Å². The minimum absolute atomic E-state index is 0.172. The molecule has 0 aliphatic heterocycles. The van der Waals surface area contributed by atoms with Crippen LogP contribution in [0.25, 0.3) is 0 Å². The van der Waals surface area contributed by atoms with Gasteiger partial charge in [0.25, 0.3) is 0 Å². The molecule has 0 saturated heterocycles. The molecule has 4 heteroatoms. The van der Waals surface area contributed by atoms with E-state index in [0.717, 1.165) is 30.4 Å². The smallest absolute Gasteiger partial charge is 0.0849 e. The van der Waals surface area contributed by atoms with Gasteiger partial charge in [-0.15, -0.1) is 0 Å². The molecule has 1 unspecified atom stereocenters. The zero-order valence-corrected chi connectivity index (χ0v) is 20.7. The van der Waals surface area contributed by atoms with Gasteiger partial charge in [-0.1, -0.05) is 57.9 Å². The van der Waals surface area contributed by atoms with Crippen LogP contribution in [0.5, 0.6) is 0 Å². The van der Waals surface area contributed by atoms with Crippen molar-refractivity contribution in [2.45, 2.75) is 110 Å². The van der Waals surface area contributed by atoms with E-state index in [1.165, 1.54) is 31.3 Å². The molecule has 3 aliphatic rings. The van der Waals surface area contributed by atoms with Crippen LogP contribution in [-0.4, -0.2) is 44.8 Å². The molecule has 0 amide bonds. The molecule has 3 fully saturated rings. The fourth-order valence-corrected chi connectivity index (χ4v) is 7.09. The van der Waals surface area contributed by atoms with Gasteiger partial charge in [-0.05, 0) is 85.7 Å². The van der Waals surface area contributed by atoms with E-state index in [1.54, 1.807) is 6.92 Å². The highest BCUT2D eigenvalue weighted by Crippen LogP contribution is 2.67. The Morgan fingerprint density at radius 3 is 2.62 bits per heavy atom. The zero-order valence-electron chi connectivity index (χ0n) is 20.7. The molecule has 0 aromatic carbocycles. The SMILES string of the molecule is C=C1/C(=C/C=C2/CCC[C@]3(C)[C@@H]([C@H](C)CCCC(C)(O)CO)CC[C@@]23C)C[C@@H](O)C[C@@H]1O.